The lowest BCUT2D eigenvalue weighted by molar-refractivity contribution is 0.102. The van der Waals surface area contributed by atoms with E-state index in [-0.39, 0.29) is 11.4 Å². The molecule has 0 unspecified atom stereocenters. The second-order valence-corrected chi connectivity index (χ2v) is 7.43. The predicted octanol–water partition coefficient (Wildman–Crippen LogP) is 4.70. The molecule has 0 fully saturated rings. The highest BCUT2D eigenvalue weighted by Gasteiger charge is 2.13. The van der Waals surface area contributed by atoms with Crippen LogP contribution in [0.15, 0.2) is 36.5 Å². The van der Waals surface area contributed by atoms with E-state index >= 15 is 0 Å². The number of anilines is 3. The van der Waals surface area contributed by atoms with Crippen LogP contribution in [0, 0.1) is 6.92 Å². The maximum atomic E-state index is 12.5. The van der Waals surface area contributed by atoms with Crippen molar-refractivity contribution in [3.05, 3.63) is 47.8 Å². The normalized spacial score (nSPS) is 11.2. The smallest absolute Gasteiger partial charge is 0.274 e. The summed E-state index contributed by atoms with van der Waals surface area (Å²) in [6, 6.07) is 9.72. The SMILES string of the molecule is CCN(CC)c1ccc(NC(=O)c2ccc(NC(C)(C)C)cn2)c(C)c1. The fourth-order valence-corrected chi connectivity index (χ4v) is 2.80. The van der Waals surface area contributed by atoms with Crippen molar-refractivity contribution >= 4 is 23.0 Å². The van der Waals surface area contributed by atoms with Crippen molar-refractivity contribution < 1.29 is 4.79 Å². The molecular weight excluding hydrogens is 324 g/mol. The Balaban J connectivity index is 2.10. The number of carbonyl (C=O) groups excluding carboxylic acids is 1. The van der Waals surface area contributed by atoms with Crippen LogP contribution < -0.4 is 15.5 Å². The zero-order valence-corrected chi connectivity index (χ0v) is 16.7. The maximum Gasteiger partial charge on any atom is 0.274 e. The van der Waals surface area contributed by atoms with Crippen LogP contribution >= 0.6 is 0 Å². The quantitative estimate of drug-likeness (QED) is 0.789. The van der Waals surface area contributed by atoms with Crippen molar-refractivity contribution in [1.82, 2.24) is 4.98 Å². The number of aryl methyl sites for hydroxylation is 1. The lowest BCUT2D eigenvalue weighted by atomic mass is 10.1. The highest BCUT2D eigenvalue weighted by Crippen LogP contribution is 2.23. The first kappa shape index (κ1) is 19.8. The van der Waals surface area contributed by atoms with E-state index in [1.807, 2.05) is 25.1 Å². The zero-order chi connectivity index (χ0) is 19.3. The van der Waals surface area contributed by atoms with Crippen molar-refractivity contribution in [2.75, 3.05) is 28.6 Å². The van der Waals surface area contributed by atoms with Gasteiger partial charge >= 0.3 is 0 Å². The number of nitrogens with one attached hydrogen (secondary N) is 2. The number of hydrogen-bond acceptors (Lipinski definition) is 4. The molecule has 1 heterocycles. The molecule has 0 atom stereocenters. The van der Waals surface area contributed by atoms with E-state index < -0.39 is 0 Å². The first-order chi connectivity index (χ1) is 12.2. The Bertz CT molecular complexity index is 744. The van der Waals surface area contributed by atoms with Gasteiger partial charge in [0.25, 0.3) is 5.91 Å². The molecule has 2 aromatic rings. The Morgan fingerprint density at radius 1 is 1.12 bits per heavy atom. The average Bonchev–Trinajstić information content (AvgIpc) is 2.57. The van der Waals surface area contributed by atoms with Crippen LogP contribution in [-0.4, -0.2) is 29.5 Å². The van der Waals surface area contributed by atoms with E-state index in [0.29, 0.717) is 5.69 Å². The Morgan fingerprint density at radius 2 is 1.81 bits per heavy atom. The van der Waals surface area contributed by atoms with E-state index in [2.05, 4.69) is 61.2 Å². The van der Waals surface area contributed by atoms with Crippen LogP contribution in [0.25, 0.3) is 0 Å². The van der Waals surface area contributed by atoms with Crippen LogP contribution in [0.1, 0.15) is 50.7 Å². The summed E-state index contributed by atoms with van der Waals surface area (Å²) in [6.07, 6.45) is 1.69. The van der Waals surface area contributed by atoms with Crippen LogP contribution in [0.4, 0.5) is 17.1 Å². The minimum absolute atomic E-state index is 0.0465. The highest BCUT2D eigenvalue weighted by atomic mass is 16.1. The Labute approximate surface area is 156 Å². The fraction of sp³-hybridized carbons (Fsp3) is 0.429. The summed E-state index contributed by atoms with van der Waals surface area (Å²) in [7, 11) is 0. The van der Waals surface area contributed by atoms with E-state index in [1.165, 1.54) is 5.69 Å². The molecule has 0 saturated heterocycles. The highest BCUT2D eigenvalue weighted by molar-refractivity contribution is 6.03. The van der Waals surface area contributed by atoms with Crippen molar-refractivity contribution in [3.8, 4) is 0 Å². The molecule has 140 valence electrons. The van der Waals surface area contributed by atoms with E-state index in [0.717, 1.165) is 30.0 Å². The van der Waals surface area contributed by atoms with Crippen LogP contribution in [0.2, 0.25) is 0 Å². The minimum atomic E-state index is -0.203. The number of amides is 1. The Morgan fingerprint density at radius 3 is 2.31 bits per heavy atom. The second kappa shape index (κ2) is 8.21. The van der Waals surface area contributed by atoms with Crippen LogP contribution in [0.5, 0.6) is 0 Å². The number of rotatable bonds is 6. The molecule has 5 nitrogen and oxygen atoms in total. The number of hydrogen-bond donors (Lipinski definition) is 2. The average molecular weight is 354 g/mol. The van der Waals surface area contributed by atoms with Gasteiger partial charge in [-0.3, -0.25) is 4.79 Å². The lowest BCUT2D eigenvalue weighted by Crippen LogP contribution is -2.26. The summed E-state index contributed by atoms with van der Waals surface area (Å²) in [6.45, 7) is 14.4. The molecule has 0 saturated carbocycles. The minimum Gasteiger partial charge on any atom is -0.379 e. The molecule has 2 rings (SSSR count). The summed E-state index contributed by atoms with van der Waals surface area (Å²) < 4.78 is 0. The summed E-state index contributed by atoms with van der Waals surface area (Å²) in [5.41, 5.74) is 4.26. The molecule has 0 aliphatic rings. The van der Waals surface area contributed by atoms with Crippen LogP contribution in [-0.2, 0) is 0 Å². The first-order valence-corrected chi connectivity index (χ1v) is 9.14. The number of carbonyl (C=O) groups is 1. The van der Waals surface area contributed by atoms with Gasteiger partial charge in [-0.25, -0.2) is 4.98 Å². The van der Waals surface area contributed by atoms with Gasteiger partial charge in [-0.2, -0.15) is 0 Å². The summed E-state index contributed by atoms with van der Waals surface area (Å²) >= 11 is 0. The Hall–Kier alpha value is -2.56. The molecule has 1 amide bonds. The third kappa shape index (κ3) is 5.22. The zero-order valence-electron chi connectivity index (χ0n) is 16.7. The molecule has 0 spiro atoms. The van der Waals surface area contributed by atoms with Crippen molar-refractivity contribution in [2.45, 2.75) is 47.1 Å². The van der Waals surface area contributed by atoms with Gasteiger partial charge in [0.2, 0.25) is 0 Å². The van der Waals surface area contributed by atoms with Crippen molar-refractivity contribution in [3.63, 3.8) is 0 Å². The van der Waals surface area contributed by atoms with Gasteiger partial charge in [-0.05, 0) is 77.4 Å². The predicted molar refractivity (Wildman–Crippen MR) is 110 cm³/mol. The van der Waals surface area contributed by atoms with Gasteiger partial charge in [-0.15, -0.1) is 0 Å². The third-order valence-corrected chi connectivity index (χ3v) is 4.10. The van der Waals surface area contributed by atoms with Gasteiger partial charge in [0.1, 0.15) is 5.69 Å². The van der Waals surface area contributed by atoms with Gasteiger partial charge in [0, 0.05) is 30.0 Å². The van der Waals surface area contributed by atoms with Gasteiger partial charge in [0.15, 0.2) is 0 Å². The standard InChI is InChI=1S/C21H30N4O/c1-7-25(8-2)17-10-12-18(15(3)13-17)23-20(26)19-11-9-16(14-22-19)24-21(4,5)6/h9-14,24H,7-8H2,1-6H3,(H,23,26). The molecule has 26 heavy (non-hydrogen) atoms. The fourth-order valence-electron chi connectivity index (χ4n) is 2.80. The molecule has 0 bridgehead atoms. The molecular formula is C21H30N4O. The van der Waals surface area contributed by atoms with Crippen molar-refractivity contribution in [2.24, 2.45) is 0 Å². The Kier molecular flexibility index (Phi) is 6.24. The molecule has 0 aliphatic heterocycles. The second-order valence-electron chi connectivity index (χ2n) is 7.43. The summed E-state index contributed by atoms with van der Waals surface area (Å²) in [4.78, 5) is 19.0. The van der Waals surface area contributed by atoms with E-state index in [9.17, 15) is 4.79 Å². The van der Waals surface area contributed by atoms with E-state index in [1.54, 1.807) is 12.3 Å². The number of nitrogens with zero attached hydrogens (tertiary/aromatic N) is 2. The van der Waals surface area contributed by atoms with Crippen molar-refractivity contribution in [1.29, 1.82) is 0 Å². The first-order valence-electron chi connectivity index (χ1n) is 9.14. The monoisotopic (exact) mass is 354 g/mol. The number of pyridine rings is 1. The maximum absolute atomic E-state index is 12.5. The lowest BCUT2D eigenvalue weighted by Gasteiger charge is -2.22. The van der Waals surface area contributed by atoms with Gasteiger partial charge in [0.05, 0.1) is 11.9 Å². The van der Waals surface area contributed by atoms with Crippen LogP contribution in [0.3, 0.4) is 0 Å². The summed E-state index contributed by atoms with van der Waals surface area (Å²) in [5.74, 6) is -0.203. The molecule has 0 aliphatic carbocycles. The molecule has 1 aromatic heterocycles. The van der Waals surface area contributed by atoms with Gasteiger partial charge < -0.3 is 15.5 Å². The topological polar surface area (TPSA) is 57.3 Å². The molecule has 1 aromatic carbocycles. The molecule has 0 radical (unpaired) electrons. The van der Waals surface area contributed by atoms with E-state index in [4.69, 9.17) is 0 Å². The largest absolute Gasteiger partial charge is 0.379 e. The molecule has 5 heteroatoms. The van der Waals surface area contributed by atoms with Gasteiger partial charge in [-0.1, -0.05) is 0 Å². The number of benzene rings is 1. The number of aromatic nitrogens is 1. The molecule has 2 N–H and O–H groups in total. The third-order valence-electron chi connectivity index (χ3n) is 4.10. The summed E-state index contributed by atoms with van der Waals surface area (Å²) in [5, 5.41) is 6.29.